The Morgan fingerprint density at radius 1 is 1.82 bits per heavy atom. The number of hydrogen-bond donors (Lipinski definition) is 3. The molecule has 0 aromatic heterocycles. The zero-order valence-corrected chi connectivity index (χ0v) is 6.42. The van der Waals surface area contributed by atoms with Gasteiger partial charge in [0.15, 0.2) is 0 Å². The van der Waals surface area contributed by atoms with Crippen molar-refractivity contribution >= 4 is 5.97 Å². The molecule has 0 aliphatic heterocycles. The van der Waals surface area contributed by atoms with E-state index in [1.807, 2.05) is 0 Å². The third-order valence-corrected chi connectivity index (χ3v) is 1.27. The van der Waals surface area contributed by atoms with E-state index in [2.05, 4.69) is 11.9 Å². The van der Waals surface area contributed by atoms with E-state index in [1.54, 1.807) is 6.08 Å². The number of hydrogen-bond acceptors (Lipinski definition) is 3. The fraction of sp³-hybridized carbons (Fsp3) is 0.571. The van der Waals surface area contributed by atoms with E-state index >= 15 is 0 Å². The summed E-state index contributed by atoms with van der Waals surface area (Å²) in [5.41, 5.74) is 5.19. The predicted molar refractivity (Wildman–Crippen MR) is 43.3 cm³/mol. The Morgan fingerprint density at radius 3 is 2.82 bits per heavy atom. The summed E-state index contributed by atoms with van der Waals surface area (Å²) in [7, 11) is 0. The molecular weight excluding hydrogens is 144 g/mol. The van der Waals surface area contributed by atoms with E-state index in [1.165, 1.54) is 0 Å². The van der Waals surface area contributed by atoms with E-state index in [-0.39, 0.29) is 6.54 Å². The molecule has 0 aliphatic rings. The van der Waals surface area contributed by atoms with Crippen LogP contribution in [0.15, 0.2) is 12.7 Å². The van der Waals surface area contributed by atoms with Gasteiger partial charge in [-0.25, -0.2) is 0 Å². The van der Waals surface area contributed by atoms with E-state index < -0.39 is 12.0 Å². The zero-order chi connectivity index (χ0) is 8.69. The van der Waals surface area contributed by atoms with Gasteiger partial charge in [0.25, 0.3) is 0 Å². The highest BCUT2D eigenvalue weighted by Gasteiger charge is 2.12. The van der Waals surface area contributed by atoms with Gasteiger partial charge in [0.05, 0.1) is 0 Å². The maximum atomic E-state index is 10.4. The van der Waals surface area contributed by atoms with Gasteiger partial charge < -0.3 is 16.2 Å². The third kappa shape index (κ3) is 4.52. The molecule has 4 nitrogen and oxygen atoms in total. The molecule has 0 rings (SSSR count). The maximum Gasteiger partial charge on any atom is 0.322 e. The minimum Gasteiger partial charge on any atom is -0.480 e. The summed E-state index contributed by atoms with van der Waals surface area (Å²) in [5, 5.41) is 11.3. The first-order chi connectivity index (χ1) is 5.22. The molecular formula is C7H14N2O2. The van der Waals surface area contributed by atoms with Gasteiger partial charge in [0.2, 0.25) is 0 Å². The van der Waals surface area contributed by atoms with Crippen molar-refractivity contribution < 1.29 is 9.90 Å². The Morgan fingerprint density at radius 2 is 2.45 bits per heavy atom. The molecule has 0 radical (unpaired) electrons. The largest absolute Gasteiger partial charge is 0.480 e. The van der Waals surface area contributed by atoms with Crippen LogP contribution in [0.2, 0.25) is 0 Å². The van der Waals surface area contributed by atoms with E-state index in [0.29, 0.717) is 6.54 Å². The van der Waals surface area contributed by atoms with E-state index in [4.69, 9.17) is 10.8 Å². The second kappa shape index (κ2) is 5.88. The minimum absolute atomic E-state index is 0.118. The van der Waals surface area contributed by atoms with Gasteiger partial charge in [0, 0.05) is 6.54 Å². The topological polar surface area (TPSA) is 75.3 Å². The van der Waals surface area contributed by atoms with Crippen LogP contribution in [-0.2, 0) is 4.79 Å². The summed E-state index contributed by atoms with van der Waals surface area (Å²) in [5.74, 6) is -0.906. The van der Waals surface area contributed by atoms with Crippen molar-refractivity contribution in [2.75, 3.05) is 13.1 Å². The number of nitrogens with one attached hydrogen (secondary N) is 1. The quantitative estimate of drug-likeness (QED) is 0.362. The van der Waals surface area contributed by atoms with Crippen LogP contribution in [0.5, 0.6) is 0 Å². The Kier molecular flexibility index (Phi) is 5.42. The van der Waals surface area contributed by atoms with Crippen LogP contribution >= 0.6 is 0 Å². The first-order valence-corrected chi connectivity index (χ1v) is 3.49. The normalized spacial score (nSPS) is 12.5. The number of aliphatic carboxylic acids is 1. The Balaban J connectivity index is 3.52. The summed E-state index contributed by atoms with van der Waals surface area (Å²) in [6.07, 6.45) is 2.48. The van der Waals surface area contributed by atoms with Crippen molar-refractivity contribution in [2.45, 2.75) is 12.5 Å². The lowest BCUT2D eigenvalue weighted by atomic mass is 10.3. The van der Waals surface area contributed by atoms with Crippen molar-refractivity contribution in [3.63, 3.8) is 0 Å². The second-order valence-electron chi connectivity index (χ2n) is 2.16. The molecule has 0 spiro atoms. The SMILES string of the molecule is C=CCCNC(CN)C(=O)O. The molecule has 0 aromatic rings. The lowest BCUT2D eigenvalue weighted by Crippen LogP contribution is -2.42. The third-order valence-electron chi connectivity index (χ3n) is 1.27. The molecule has 4 N–H and O–H groups in total. The second-order valence-corrected chi connectivity index (χ2v) is 2.16. The number of carboxylic acids is 1. The van der Waals surface area contributed by atoms with Crippen molar-refractivity contribution in [3.8, 4) is 0 Å². The Labute approximate surface area is 66.1 Å². The Bertz CT molecular complexity index is 136. The van der Waals surface area contributed by atoms with Gasteiger partial charge in [-0.2, -0.15) is 0 Å². The van der Waals surface area contributed by atoms with Crippen LogP contribution in [0.4, 0.5) is 0 Å². The van der Waals surface area contributed by atoms with Crippen LogP contribution in [0.3, 0.4) is 0 Å². The molecule has 64 valence electrons. The van der Waals surface area contributed by atoms with Gasteiger partial charge in [0.1, 0.15) is 6.04 Å². The molecule has 0 aromatic carbocycles. The van der Waals surface area contributed by atoms with Crippen molar-refractivity contribution in [1.82, 2.24) is 5.32 Å². The molecule has 1 unspecified atom stereocenters. The van der Waals surface area contributed by atoms with Crippen LogP contribution in [0, 0.1) is 0 Å². The van der Waals surface area contributed by atoms with Crippen molar-refractivity contribution in [3.05, 3.63) is 12.7 Å². The molecule has 4 heteroatoms. The summed E-state index contributed by atoms with van der Waals surface area (Å²) in [4.78, 5) is 10.4. The molecule has 0 aliphatic carbocycles. The lowest BCUT2D eigenvalue weighted by Gasteiger charge is -2.10. The average molecular weight is 158 g/mol. The first kappa shape index (κ1) is 10.1. The van der Waals surface area contributed by atoms with Crippen LogP contribution in [0.25, 0.3) is 0 Å². The van der Waals surface area contributed by atoms with Crippen LogP contribution < -0.4 is 11.1 Å². The van der Waals surface area contributed by atoms with Gasteiger partial charge in [-0.05, 0) is 13.0 Å². The van der Waals surface area contributed by atoms with Gasteiger partial charge in [-0.1, -0.05) is 6.08 Å². The number of nitrogens with two attached hydrogens (primary N) is 1. The molecule has 0 amide bonds. The molecule has 0 saturated carbocycles. The highest BCUT2D eigenvalue weighted by atomic mass is 16.4. The van der Waals surface area contributed by atoms with Crippen LogP contribution in [0.1, 0.15) is 6.42 Å². The summed E-state index contributed by atoms with van der Waals surface area (Å²) >= 11 is 0. The highest BCUT2D eigenvalue weighted by molar-refractivity contribution is 5.73. The van der Waals surface area contributed by atoms with Crippen molar-refractivity contribution in [1.29, 1.82) is 0 Å². The number of carboxylic acid groups (broad SMARTS) is 1. The van der Waals surface area contributed by atoms with Crippen LogP contribution in [-0.4, -0.2) is 30.2 Å². The first-order valence-electron chi connectivity index (χ1n) is 3.49. The summed E-state index contributed by atoms with van der Waals surface area (Å²) < 4.78 is 0. The standard InChI is InChI=1S/C7H14N2O2/c1-2-3-4-9-6(5-8)7(10)11/h2,6,9H,1,3-5,8H2,(H,10,11). The summed E-state index contributed by atoms with van der Waals surface area (Å²) in [6.45, 7) is 4.24. The highest BCUT2D eigenvalue weighted by Crippen LogP contribution is 1.82. The monoisotopic (exact) mass is 158 g/mol. The minimum atomic E-state index is -0.906. The fourth-order valence-electron chi connectivity index (χ4n) is 0.631. The molecule has 0 saturated heterocycles. The zero-order valence-electron chi connectivity index (χ0n) is 6.42. The molecule has 1 atom stereocenters. The van der Waals surface area contributed by atoms with Gasteiger partial charge in [-0.15, -0.1) is 6.58 Å². The average Bonchev–Trinajstić information content (AvgIpc) is 1.97. The molecule has 11 heavy (non-hydrogen) atoms. The number of carbonyl (C=O) groups is 1. The smallest absolute Gasteiger partial charge is 0.322 e. The number of rotatable bonds is 6. The van der Waals surface area contributed by atoms with E-state index in [0.717, 1.165) is 6.42 Å². The Hall–Kier alpha value is -0.870. The molecule has 0 fully saturated rings. The summed E-state index contributed by atoms with van der Waals surface area (Å²) in [6, 6.07) is -0.630. The van der Waals surface area contributed by atoms with Gasteiger partial charge in [-0.3, -0.25) is 4.79 Å². The van der Waals surface area contributed by atoms with E-state index in [9.17, 15) is 4.79 Å². The van der Waals surface area contributed by atoms with Gasteiger partial charge >= 0.3 is 5.97 Å². The lowest BCUT2D eigenvalue weighted by molar-refractivity contribution is -0.139. The predicted octanol–water partition coefficient (Wildman–Crippen LogP) is -0.436. The maximum absolute atomic E-state index is 10.4. The molecule has 0 bridgehead atoms. The fourth-order valence-corrected chi connectivity index (χ4v) is 0.631. The molecule has 0 heterocycles. The van der Waals surface area contributed by atoms with Crippen molar-refractivity contribution in [2.24, 2.45) is 5.73 Å².